The third-order valence-corrected chi connectivity index (χ3v) is 4.16. The van der Waals surface area contributed by atoms with Gasteiger partial charge in [-0.15, -0.1) is 0 Å². The summed E-state index contributed by atoms with van der Waals surface area (Å²) in [5.74, 6) is 0.736. The first-order valence-corrected chi connectivity index (χ1v) is 8.10. The Labute approximate surface area is 136 Å². The SMILES string of the molecule is Nc1cccc(C(=O)NCc2ccccc2OC2CCCC2)c1. The summed E-state index contributed by atoms with van der Waals surface area (Å²) in [4.78, 5) is 12.2. The Kier molecular flexibility index (Phi) is 4.81. The molecule has 0 bridgehead atoms. The number of hydrogen-bond acceptors (Lipinski definition) is 3. The standard InChI is InChI=1S/C19H22N2O2/c20-16-8-5-7-14(12-16)19(22)21-13-15-6-1-4-11-18(15)23-17-9-2-3-10-17/h1,4-8,11-12,17H,2-3,9-10,13,20H2,(H,21,22). The topological polar surface area (TPSA) is 64.4 Å². The number of hydrogen-bond donors (Lipinski definition) is 2. The zero-order valence-corrected chi connectivity index (χ0v) is 13.1. The highest BCUT2D eigenvalue weighted by Crippen LogP contribution is 2.26. The molecule has 1 fully saturated rings. The minimum atomic E-state index is -0.132. The molecule has 0 saturated heterocycles. The van der Waals surface area contributed by atoms with Crippen LogP contribution in [0, 0.1) is 0 Å². The lowest BCUT2D eigenvalue weighted by Crippen LogP contribution is -2.23. The lowest BCUT2D eigenvalue weighted by Gasteiger charge is -2.16. The number of para-hydroxylation sites is 1. The number of ether oxygens (including phenoxy) is 1. The summed E-state index contributed by atoms with van der Waals surface area (Å²) in [5.41, 5.74) is 7.87. The van der Waals surface area contributed by atoms with Crippen molar-refractivity contribution in [2.75, 3.05) is 5.73 Å². The number of benzene rings is 2. The maximum absolute atomic E-state index is 12.2. The first kappa shape index (κ1) is 15.4. The van der Waals surface area contributed by atoms with Gasteiger partial charge < -0.3 is 15.8 Å². The predicted molar refractivity (Wildman–Crippen MR) is 91.4 cm³/mol. The molecule has 0 spiro atoms. The van der Waals surface area contributed by atoms with E-state index in [1.54, 1.807) is 24.3 Å². The average Bonchev–Trinajstić information content (AvgIpc) is 3.07. The molecule has 0 radical (unpaired) electrons. The van der Waals surface area contributed by atoms with E-state index in [9.17, 15) is 4.79 Å². The van der Waals surface area contributed by atoms with E-state index in [1.807, 2.05) is 24.3 Å². The average molecular weight is 310 g/mol. The predicted octanol–water partition coefficient (Wildman–Crippen LogP) is 3.52. The van der Waals surface area contributed by atoms with Gasteiger partial charge in [0.2, 0.25) is 0 Å². The van der Waals surface area contributed by atoms with Gasteiger partial charge in [-0.05, 0) is 49.9 Å². The minimum absolute atomic E-state index is 0.132. The number of nitrogen functional groups attached to an aromatic ring is 1. The van der Waals surface area contributed by atoms with Gasteiger partial charge in [0.15, 0.2) is 0 Å². The molecule has 0 unspecified atom stereocenters. The maximum Gasteiger partial charge on any atom is 0.251 e. The van der Waals surface area contributed by atoms with Crippen LogP contribution in [-0.2, 0) is 6.54 Å². The molecular weight excluding hydrogens is 288 g/mol. The summed E-state index contributed by atoms with van der Waals surface area (Å²) >= 11 is 0. The molecule has 1 aliphatic rings. The van der Waals surface area contributed by atoms with Gasteiger partial charge in [-0.1, -0.05) is 24.3 Å². The molecule has 3 rings (SSSR count). The third kappa shape index (κ3) is 4.03. The molecule has 1 saturated carbocycles. The second-order valence-electron chi connectivity index (χ2n) is 5.94. The number of rotatable bonds is 5. The van der Waals surface area contributed by atoms with E-state index in [-0.39, 0.29) is 5.91 Å². The van der Waals surface area contributed by atoms with Crippen molar-refractivity contribution < 1.29 is 9.53 Å². The first-order chi connectivity index (χ1) is 11.2. The maximum atomic E-state index is 12.2. The quantitative estimate of drug-likeness (QED) is 0.831. The number of carbonyl (C=O) groups excluding carboxylic acids is 1. The van der Waals surface area contributed by atoms with E-state index in [0.29, 0.717) is 23.9 Å². The molecule has 0 atom stereocenters. The molecule has 3 N–H and O–H groups in total. The second-order valence-corrected chi connectivity index (χ2v) is 5.94. The lowest BCUT2D eigenvalue weighted by atomic mass is 10.1. The second kappa shape index (κ2) is 7.18. The summed E-state index contributed by atoms with van der Waals surface area (Å²) < 4.78 is 6.09. The molecule has 23 heavy (non-hydrogen) atoms. The van der Waals surface area contributed by atoms with Gasteiger partial charge in [-0.3, -0.25) is 4.79 Å². The summed E-state index contributed by atoms with van der Waals surface area (Å²) in [6.45, 7) is 0.441. The Morgan fingerprint density at radius 3 is 2.70 bits per heavy atom. The van der Waals surface area contributed by atoms with Crippen LogP contribution in [0.2, 0.25) is 0 Å². The third-order valence-electron chi connectivity index (χ3n) is 4.16. The highest BCUT2D eigenvalue weighted by atomic mass is 16.5. The van der Waals surface area contributed by atoms with E-state index in [1.165, 1.54) is 12.8 Å². The van der Waals surface area contributed by atoms with Crippen molar-refractivity contribution in [3.05, 3.63) is 59.7 Å². The van der Waals surface area contributed by atoms with Crippen molar-refractivity contribution in [3.8, 4) is 5.75 Å². The van der Waals surface area contributed by atoms with Gasteiger partial charge in [0.25, 0.3) is 5.91 Å². The van der Waals surface area contributed by atoms with Crippen molar-refractivity contribution in [2.24, 2.45) is 0 Å². The zero-order valence-electron chi connectivity index (χ0n) is 13.1. The summed E-state index contributed by atoms with van der Waals surface area (Å²) in [7, 11) is 0. The van der Waals surface area contributed by atoms with Crippen molar-refractivity contribution in [1.82, 2.24) is 5.32 Å². The minimum Gasteiger partial charge on any atom is -0.490 e. The monoisotopic (exact) mass is 310 g/mol. The molecule has 4 nitrogen and oxygen atoms in total. The summed E-state index contributed by atoms with van der Waals surface area (Å²) in [5, 5.41) is 2.93. The van der Waals surface area contributed by atoms with Crippen molar-refractivity contribution in [1.29, 1.82) is 0 Å². The fourth-order valence-corrected chi connectivity index (χ4v) is 2.91. The van der Waals surface area contributed by atoms with Crippen LogP contribution in [0.5, 0.6) is 5.75 Å². The highest BCUT2D eigenvalue weighted by Gasteiger charge is 2.18. The molecule has 1 aliphatic carbocycles. The zero-order chi connectivity index (χ0) is 16.1. The van der Waals surface area contributed by atoms with E-state index < -0.39 is 0 Å². The Bertz CT molecular complexity index is 679. The van der Waals surface area contributed by atoms with Crippen LogP contribution in [0.1, 0.15) is 41.6 Å². The Morgan fingerprint density at radius 2 is 1.91 bits per heavy atom. The smallest absolute Gasteiger partial charge is 0.251 e. The number of nitrogens with one attached hydrogen (secondary N) is 1. The summed E-state index contributed by atoms with van der Waals surface area (Å²) in [6.07, 6.45) is 5.01. The van der Waals surface area contributed by atoms with Gasteiger partial charge in [0, 0.05) is 23.4 Å². The van der Waals surface area contributed by atoms with Crippen LogP contribution < -0.4 is 15.8 Å². The highest BCUT2D eigenvalue weighted by molar-refractivity contribution is 5.94. The van der Waals surface area contributed by atoms with Crippen LogP contribution in [0.15, 0.2) is 48.5 Å². The van der Waals surface area contributed by atoms with Gasteiger partial charge >= 0.3 is 0 Å². The molecule has 2 aromatic carbocycles. The normalized spacial score (nSPS) is 14.6. The van der Waals surface area contributed by atoms with E-state index in [4.69, 9.17) is 10.5 Å². The van der Waals surface area contributed by atoms with Crippen molar-refractivity contribution in [2.45, 2.75) is 38.3 Å². The number of anilines is 1. The number of amides is 1. The molecule has 2 aromatic rings. The number of nitrogens with two attached hydrogens (primary N) is 1. The van der Waals surface area contributed by atoms with Crippen LogP contribution >= 0.6 is 0 Å². The van der Waals surface area contributed by atoms with E-state index >= 15 is 0 Å². The van der Waals surface area contributed by atoms with Crippen LogP contribution in [0.3, 0.4) is 0 Å². The molecule has 120 valence electrons. The van der Waals surface area contributed by atoms with Gasteiger partial charge in [0.05, 0.1) is 6.10 Å². The first-order valence-electron chi connectivity index (χ1n) is 8.10. The van der Waals surface area contributed by atoms with Crippen molar-refractivity contribution in [3.63, 3.8) is 0 Å². The van der Waals surface area contributed by atoms with Gasteiger partial charge in [-0.2, -0.15) is 0 Å². The Hall–Kier alpha value is -2.49. The van der Waals surface area contributed by atoms with Crippen molar-refractivity contribution >= 4 is 11.6 Å². The molecular formula is C19H22N2O2. The fourth-order valence-electron chi connectivity index (χ4n) is 2.91. The lowest BCUT2D eigenvalue weighted by molar-refractivity contribution is 0.0950. The van der Waals surface area contributed by atoms with Crippen LogP contribution in [0.25, 0.3) is 0 Å². The Morgan fingerprint density at radius 1 is 1.13 bits per heavy atom. The Balaban J connectivity index is 1.64. The summed E-state index contributed by atoms with van der Waals surface area (Å²) in [6, 6.07) is 14.9. The van der Waals surface area contributed by atoms with Gasteiger partial charge in [0.1, 0.15) is 5.75 Å². The molecule has 4 heteroatoms. The molecule has 1 amide bonds. The molecule has 0 aromatic heterocycles. The van der Waals surface area contributed by atoms with E-state index in [2.05, 4.69) is 5.32 Å². The molecule has 0 aliphatic heterocycles. The number of carbonyl (C=O) groups is 1. The van der Waals surface area contributed by atoms with Crippen LogP contribution in [-0.4, -0.2) is 12.0 Å². The van der Waals surface area contributed by atoms with E-state index in [0.717, 1.165) is 24.2 Å². The van der Waals surface area contributed by atoms with Crippen LogP contribution in [0.4, 0.5) is 5.69 Å². The molecule has 0 heterocycles. The van der Waals surface area contributed by atoms with Gasteiger partial charge in [-0.25, -0.2) is 0 Å². The largest absolute Gasteiger partial charge is 0.490 e. The fraction of sp³-hybridized carbons (Fsp3) is 0.316.